The van der Waals surface area contributed by atoms with Gasteiger partial charge in [0, 0.05) is 9.37 Å². The predicted molar refractivity (Wildman–Crippen MR) is 55.7 cm³/mol. The minimum atomic E-state index is -2.83. The molecule has 0 N–H and O–H groups in total. The van der Waals surface area contributed by atoms with E-state index in [1.54, 1.807) is 6.07 Å². The number of rotatable bonds is 2. The van der Waals surface area contributed by atoms with Crippen molar-refractivity contribution in [3.63, 3.8) is 0 Å². The summed E-state index contributed by atoms with van der Waals surface area (Å²) < 4.78 is 29.0. The Labute approximate surface area is 96.1 Å². The summed E-state index contributed by atoms with van der Waals surface area (Å²) in [6.07, 6.45) is 0. The van der Waals surface area contributed by atoms with Crippen molar-refractivity contribution in [1.82, 2.24) is 0 Å². The number of ether oxygens (including phenoxy) is 1. The first-order valence-electron chi connectivity index (χ1n) is 3.14. The van der Waals surface area contributed by atoms with Crippen LogP contribution in [-0.4, -0.2) is 6.61 Å². The van der Waals surface area contributed by atoms with Gasteiger partial charge in [0.2, 0.25) is 0 Å². The summed E-state index contributed by atoms with van der Waals surface area (Å²) in [6, 6.07) is 2.99. The molecule has 0 fully saturated rings. The quantitative estimate of drug-likeness (QED) is 0.802. The maximum absolute atomic E-state index is 11.9. The standard InChI is InChI=1S/C7H4Br2F2OS/c8-5-3(12-7(10)11)1-2-4(13)6(5)9/h1-2,7,13H. The maximum atomic E-state index is 11.9. The molecule has 1 nitrogen and oxygen atoms in total. The Morgan fingerprint density at radius 3 is 2.38 bits per heavy atom. The van der Waals surface area contributed by atoms with Gasteiger partial charge in [-0.1, -0.05) is 0 Å². The highest BCUT2D eigenvalue weighted by atomic mass is 79.9. The smallest absolute Gasteiger partial charge is 0.387 e. The average Bonchev–Trinajstić information content (AvgIpc) is 2.06. The summed E-state index contributed by atoms with van der Waals surface area (Å²) in [4.78, 5) is 0.647. The molecule has 0 saturated heterocycles. The number of thiol groups is 1. The van der Waals surface area contributed by atoms with Gasteiger partial charge in [-0.25, -0.2) is 0 Å². The Balaban J connectivity index is 3.04. The van der Waals surface area contributed by atoms with Crippen LogP contribution in [0.3, 0.4) is 0 Å². The maximum Gasteiger partial charge on any atom is 0.387 e. The largest absolute Gasteiger partial charge is 0.434 e. The lowest BCUT2D eigenvalue weighted by Crippen LogP contribution is -2.02. The molecule has 1 rings (SSSR count). The fraction of sp³-hybridized carbons (Fsp3) is 0.143. The van der Waals surface area contributed by atoms with E-state index in [2.05, 4.69) is 49.2 Å². The second kappa shape index (κ2) is 4.61. The van der Waals surface area contributed by atoms with E-state index in [1.165, 1.54) is 6.07 Å². The van der Waals surface area contributed by atoms with Crippen LogP contribution in [0.15, 0.2) is 26.0 Å². The third-order valence-electron chi connectivity index (χ3n) is 1.24. The van der Waals surface area contributed by atoms with Gasteiger partial charge in [-0.15, -0.1) is 12.6 Å². The Kier molecular flexibility index (Phi) is 4.00. The highest BCUT2D eigenvalue weighted by Gasteiger charge is 2.11. The lowest BCUT2D eigenvalue weighted by Gasteiger charge is -2.08. The summed E-state index contributed by atoms with van der Waals surface area (Å²) in [6.45, 7) is -2.83. The van der Waals surface area contributed by atoms with E-state index in [1.807, 2.05) is 0 Å². The number of alkyl halides is 2. The van der Waals surface area contributed by atoms with Crippen molar-refractivity contribution in [2.45, 2.75) is 11.5 Å². The van der Waals surface area contributed by atoms with E-state index in [0.29, 0.717) is 13.8 Å². The van der Waals surface area contributed by atoms with E-state index in [0.717, 1.165) is 0 Å². The number of hydrogen-bond donors (Lipinski definition) is 1. The van der Waals surface area contributed by atoms with Gasteiger partial charge in [-0.2, -0.15) is 8.78 Å². The summed E-state index contributed by atoms with van der Waals surface area (Å²) in [5, 5.41) is 0. The molecule has 0 radical (unpaired) electrons. The fourth-order valence-corrected chi connectivity index (χ4v) is 1.81. The first-order valence-corrected chi connectivity index (χ1v) is 5.17. The van der Waals surface area contributed by atoms with Crippen molar-refractivity contribution in [3.05, 3.63) is 21.1 Å². The lowest BCUT2D eigenvalue weighted by atomic mass is 10.3. The number of halogens is 4. The van der Waals surface area contributed by atoms with Crippen molar-refractivity contribution in [2.24, 2.45) is 0 Å². The van der Waals surface area contributed by atoms with E-state index >= 15 is 0 Å². The Morgan fingerprint density at radius 2 is 1.85 bits per heavy atom. The molecule has 0 aliphatic rings. The molecule has 0 saturated carbocycles. The SMILES string of the molecule is FC(F)Oc1ccc(S)c(Br)c1Br. The van der Waals surface area contributed by atoms with E-state index in [-0.39, 0.29) is 5.75 Å². The summed E-state index contributed by atoms with van der Waals surface area (Å²) >= 11 is 10.4. The molecular formula is C7H4Br2F2OS. The average molecular weight is 334 g/mol. The summed E-state index contributed by atoms with van der Waals surface area (Å²) in [5.74, 6) is 0.0830. The zero-order valence-electron chi connectivity index (χ0n) is 6.10. The molecule has 1 aromatic rings. The van der Waals surface area contributed by atoms with Crippen LogP contribution in [0.1, 0.15) is 0 Å². The van der Waals surface area contributed by atoms with Gasteiger partial charge in [0.05, 0.1) is 4.47 Å². The van der Waals surface area contributed by atoms with Crippen LogP contribution in [0.4, 0.5) is 8.78 Å². The molecular weight excluding hydrogens is 330 g/mol. The monoisotopic (exact) mass is 332 g/mol. The van der Waals surface area contributed by atoms with Gasteiger partial charge in [0.15, 0.2) is 0 Å². The van der Waals surface area contributed by atoms with Crippen molar-refractivity contribution >= 4 is 44.5 Å². The third kappa shape index (κ3) is 2.82. The van der Waals surface area contributed by atoms with Gasteiger partial charge in [0.1, 0.15) is 5.75 Å². The van der Waals surface area contributed by atoms with Crippen molar-refractivity contribution < 1.29 is 13.5 Å². The second-order valence-corrected chi connectivity index (χ2v) is 4.16. The molecule has 72 valence electrons. The molecule has 0 bridgehead atoms. The van der Waals surface area contributed by atoms with Gasteiger partial charge < -0.3 is 4.74 Å². The van der Waals surface area contributed by atoms with Crippen LogP contribution in [0.25, 0.3) is 0 Å². The van der Waals surface area contributed by atoms with E-state index in [9.17, 15) is 8.78 Å². The Hall–Kier alpha value is 0.190. The van der Waals surface area contributed by atoms with Gasteiger partial charge in [-0.3, -0.25) is 0 Å². The van der Waals surface area contributed by atoms with Crippen LogP contribution >= 0.6 is 44.5 Å². The molecule has 0 spiro atoms. The minimum absolute atomic E-state index is 0.0830. The van der Waals surface area contributed by atoms with Gasteiger partial charge in [0.25, 0.3) is 0 Å². The molecule has 0 atom stereocenters. The molecule has 0 aliphatic carbocycles. The first-order chi connectivity index (χ1) is 6.02. The number of benzene rings is 1. The van der Waals surface area contributed by atoms with Crippen LogP contribution in [0, 0.1) is 0 Å². The van der Waals surface area contributed by atoms with Gasteiger partial charge in [-0.05, 0) is 44.0 Å². The van der Waals surface area contributed by atoms with Crippen LogP contribution in [-0.2, 0) is 0 Å². The molecule has 13 heavy (non-hydrogen) atoms. The van der Waals surface area contributed by atoms with E-state index in [4.69, 9.17) is 0 Å². The van der Waals surface area contributed by atoms with E-state index < -0.39 is 6.61 Å². The molecule has 0 amide bonds. The highest BCUT2D eigenvalue weighted by molar-refractivity contribution is 9.13. The lowest BCUT2D eigenvalue weighted by molar-refractivity contribution is -0.0504. The van der Waals surface area contributed by atoms with Crippen LogP contribution in [0.2, 0.25) is 0 Å². The second-order valence-electron chi connectivity index (χ2n) is 2.09. The zero-order chi connectivity index (χ0) is 10.0. The third-order valence-corrected chi connectivity index (χ3v) is 4.06. The normalized spacial score (nSPS) is 10.6. The first kappa shape index (κ1) is 11.3. The molecule has 0 unspecified atom stereocenters. The van der Waals surface area contributed by atoms with Crippen molar-refractivity contribution in [1.29, 1.82) is 0 Å². The zero-order valence-corrected chi connectivity index (χ0v) is 10.2. The molecule has 0 aliphatic heterocycles. The van der Waals surface area contributed by atoms with Crippen molar-refractivity contribution in [3.8, 4) is 5.75 Å². The van der Waals surface area contributed by atoms with Crippen LogP contribution in [0.5, 0.6) is 5.75 Å². The fourth-order valence-electron chi connectivity index (χ4n) is 0.709. The molecule has 6 heteroatoms. The van der Waals surface area contributed by atoms with Crippen molar-refractivity contribution in [2.75, 3.05) is 0 Å². The predicted octanol–water partition coefficient (Wildman–Crippen LogP) is 4.10. The highest BCUT2D eigenvalue weighted by Crippen LogP contribution is 2.37. The van der Waals surface area contributed by atoms with Crippen LogP contribution < -0.4 is 4.74 Å². The summed E-state index contributed by atoms with van der Waals surface area (Å²) in [5.41, 5.74) is 0. The molecule has 0 aromatic heterocycles. The summed E-state index contributed by atoms with van der Waals surface area (Å²) in [7, 11) is 0. The Morgan fingerprint density at radius 1 is 1.23 bits per heavy atom. The Bertz CT molecular complexity index is 320. The molecule has 0 heterocycles. The minimum Gasteiger partial charge on any atom is -0.434 e. The van der Waals surface area contributed by atoms with Gasteiger partial charge >= 0.3 is 6.61 Å². The topological polar surface area (TPSA) is 9.23 Å². The molecule has 1 aromatic carbocycles. The number of hydrogen-bond acceptors (Lipinski definition) is 2.